The van der Waals surface area contributed by atoms with Gasteiger partial charge in [0.15, 0.2) is 0 Å². The van der Waals surface area contributed by atoms with E-state index in [-0.39, 0.29) is 28.2 Å². The molecule has 0 bridgehead atoms. The van der Waals surface area contributed by atoms with Gasteiger partial charge < -0.3 is 14.9 Å². The van der Waals surface area contributed by atoms with E-state index in [1.165, 1.54) is 22.5 Å². The average molecular weight is 578 g/mol. The number of hydrogen-bond donors (Lipinski definition) is 1. The minimum absolute atomic E-state index is 0.00688. The summed E-state index contributed by atoms with van der Waals surface area (Å²) in [5, 5.41) is 10.2. The lowest BCUT2D eigenvalue weighted by Crippen LogP contribution is -2.46. The maximum absolute atomic E-state index is 14.2. The monoisotopic (exact) mass is 577 g/mol. The highest BCUT2D eigenvalue weighted by atomic mass is 32.1. The van der Waals surface area contributed by atoms with Crippen molar-refractivity contribution in [2.75, 3.05) is 19.0 Å². The summed E-state index contributed by atoms with van der Waals surface area (Å²) in [6, 6.07) is 4.14. The van der Waals surface area contributed by atoms with E-state index in [0.717, 1.165) is 64.3 Å². The van der Waals surface area contributed by atoms with Gasteiger partial charge >= 0.3 is 5.97 Å². The van der Waals surface area contributed by atoms with Crippen molar-refractivity contribution >= 4 is 28.9 Å². The summed E-state index contributed by atoms with van der Waals surface area (Å²) < 4.78 is 0. The molecule has 0 aromatic carbocycles. The molecule has 0 aliphatic heterocycles. The smallest absolute Gasteiger partial charge is 0.348 e. The van der Waals surface area contributed by atoms with Gasteiger partial charge in [0.1, 0.15) is 4.88 Å². The third kappa shape index (κ3) is 8.66. The SMILES string of the molecule is CC1CCC(C(=O)N(c2cc(C#CC(C)(C)C)sc2C(=O)O)C2CCC(Cc3cncc(CN(C)C)c3)CC2)CC1. The molecule has 1 amide bonds. The lowest BCUT2D eigenvalue weighted by molar-refractivity contribution is -0.124. The maximum Gasteiger partial charge on any atom is 0.348 e. The average Bonchev–Trinajstić information content (AvgIpc) is 3.33. The number of nitrogens with zero attached hydrogens (tertiary/aromatic N) is 3. The molecule has 0 unspecified atom stereocenters. The second-order valence-corrected chi connectivity index (χ2v) is 14.7. The van der Waals surface area contributed by atoms with Crippen LogP contribution in [0.2, 0.25) is 0 Å². The van der Waals surface area contributed by atoms with Gasteiger partial charge in [0.25, 0.3) is 0 Å². The predicted molar refractivity (Wildman–Crippen MR) is 167 cm³/mol. The molecule has 0 atom stereocenters. The molecule has 2 saturated carbocycles. The first kappa shape index (κ1) is 31.3. The molecule has 1 N–H and O–H groups in total. The van der Waals surface area contributed by atoms with Crippen molar-refractivity contribution in [1.29, 1.82) is 0 Å². The van der Waals surface area contributed by atoms with Crippen LogP contribution in [0.15, 0.2) is 24.5 Å². The molecule has 7 heteroatoms. The molecule has 4 rings (SSSR count). The second-order valence-electron chi connectivity index (χ2n) is 13.6. The molecule has 2 heterocycles. The Bertz CT molecular complexity index is 1270. The minimum Gasteiger partial charge on any atom is -0.477 e. The molecule has 41 heavy (non-hydrogen) atoms. The maximum atomic E-state index is 14.2. The number of carbonyl (C=O) groups is 2. The zero-order chi connectivity index (χ0) is 29.7. The standard InChI is InChI=1S/C34H47N3O3S/c1-23-7-11-27(12-8-23)32(38)37(30-19-29(15-16-34(2,3)4)41-31(30)33(39)40)28-13-9-24(10-14-28)17-25-18-26(21-35-20-25)22-36(5)6/h18-21,23-24,27-28H,7-14,17,22H2,1-6H3,(H,39,40). The quantitative estimate of drug-likeness (QED) is 0.334. The van der Waals surface area contributed by atoms with Crippen LogP contribution in [0, 0.1) is 35.0 Å². The van der Waals surface area contributed by atoms with Crippen LogP contribution >= 0.6 is 11.3 Å². The van der Waals surface area contributed by atoms with Gasteiger partial charge in [-0.1, -0.05) is 24.8 Å². The van der Waals surface area contributed by atoms with Gasteiger partial charge in [-0.05, 0) is 122 Å². The summed E-state index contributed by atoms with van der Waals surface area (Å²) in [5.41, 5.74) is 2.85. The fourth-order valence-corrected chi connectivity index (χ4v) is 7.11. The Labute approximate surface area is 250 Å². The lowest BCUT2D eigenvalue weighted by atomic mass is 9.79. The molecule has 2 aromatic heterocycles. The number of aromatic carboxylic acids is 1. The van der Waals surface area contributed by atoms with E-state index in [9.17, 15) is 14.7 Å². The van der Waals surface area contributed by atoms with Crippen LogP contribution in [-0.2, 0) is 17.8 Å². The molecule has 6 nitrogen and oxygen atoms in total. The number of aromatic nitrogens is 1. The number of thiophene rings is 1. The fraction of sp³-hybridized carbons (Fsp3) is 0.618. The minimum atomic E-state index is -0.984. The van der Waals surface area contributed by atoms with Crippen molar-refractivity contribution in [3.05, 3.63) is 45.4 Å². The number of amides is 1. The number of carboxylic acid groups (broad SMARTS) is 1. The topological polar surface area (TPSA) is 73.7 Å². The number of rotatable bonds is 8. The number of carboxylic acids is 1. The molecular formula is C34H47N3O3S. The molecule has 2 aromatic rings. The third-order valence-corrected chi connectivity index (χ3v) is 9.41. The van der Waals surface area contributed by atoms with Gasteiger partial charge in [0.05, 0.1) is 10.6 Å². The molecule has 222 valence electrons. The van der Waals surface area contributed by atoms with Gasteiger partial charge in [0.2, 0.25) is 5.91 Å². The molecule has 2 fully saturated rings. The fourth-order valence-electron chi connectivity index (χ4n) is 6.27. The van der Waals surface area contributed by atoms with E-state index < -0.39 is 5.97 Å². The predicted octanol–water partition coefficient (Wildman–Crippen LogP) is 7.26. The van der Waals surface area contributed by atoms with Crippen molar-refractivity contribution < 1.29 is 14.7 Å². The van der Waals surface area contributed by atoms with Gasteiger partial charge in [-0.3, -0.25) is 9.78 Å². The van der Waals surface area contributed by atoms with E-state index in [1.54, 1.807) is 0 Å². The van der Waals surface area contributed by atoms with E-state index in [1.807, 2.05) is 44.1 Å². The van der Waals surface area contributed by atoms with E-state index >= 15 is 0 Å². The first-order valence-electron chi connectivity index (χ1n) is 15.2. The van der Waals surface area contributed by atoms with Gasteiger partial charge in [-0.2, -0.15) is 0 Å². The second kappa shape index (κ2) is 13.5. The summed E-state index contributed by atoms with van der Waals surface area (Å²) >= 11 is 1.20. The summed E-state index contributed by atoms with van der Waals surface area (Å²) in [4.78, 5) is 36.1. The Kier molecular flexibility index (Phi) is 10.3. The van der Waals surface area contributed by atoms with Crippen molar-refractivity contribution in [3.63, 3.8) is 0 Å². The normalized spacial score (nSPS) is 23.1. The lowest BCUT2D eigenvalue weighted by Gasteiger charge is -2.39. The highest BCUT2D eigenvalue weighted by Gasteiger charge is 2.37. The van der Waals surface area contributed by atoms with Crippen molar-refractivity contribution in [3.8, 4) is 11.8 Å². The highest BCUT2D eigenvalue weighted by Crippen LogP contribution is 2.40. The molecular weight excluding hydrogens is 530 g/mol. The van der Waals surface area contributed by atoms with E-state index in [4.69, 9.17) is 0 Å². The van der Waals surface area contributed by atoms with E-state index in [0.29, 0.717) is 22.4 Å². The van der Waals surface area contributed by atoms with Crippen LogP contribution in [0.3, 0.4) is 0 Å². The van der Waals surface area contributed by atoms with Crippen molar-refractivity contribution in [1.82, 2.24) is 9.88 Å². The van der Waals surface area contributed by atoms with Crippen LogP contribution < -0.4 is 4.90 Å². The Morgan fingerprint density at radius 2 is 1.66 bits per heavy atom. The Hall–Kier alpha value is -2.69. The first-order valence-corrected chi connectivity index (χ1v) is 16.0. The Morgan fingerprint density at radius 3 is 2.27 bits per heavy atom. The highest BCUT2D eigenvalue weighted by molar-refractivity contribution is 7.15. The molecule has 0 spiro atoms. The summed E-state index contributed by atoms with van der Waals surface area (Å²) in [6.07, 6.45) is 12.6. The zero-order valence-electron chi connectivity index (χ0n) is 25.7. The number of hydrogen-bond acceptors (Lipinski definition) is 5. The Balaban J connectivity index is 1.57. The van der Waals surface area contributed by atoms with Crippen molar-refractivity contribution in [2.45, 2.75) is 98.1 Å². The van der Waals surface area contributed by atoms with Gasteiger partial charge in [0, 0.05) is 36.3 Å². The van der Waals surface area contributed by atoms with Crippen LogP contribution in [0.25, 0.3) is 0 Å². The molecule has 0 radical (unpaired) electrons. The van der Waals surface area contributed by atoms with Crippen LogP contribution in [-0.4, -0.2) is 47.0 Å². The third-order valence-electron chi connectivity index (χ3n) is 8.39. The summed E-state index contributed by atoms with van der Waals surface area (Å²) in [7, 11) is 4.14. The van der Waals surface area contributed by atoms with E-state index in [2.05, 4.69) is 48.8 Å². The molecule has 2 aliphatic rings. The molecule has 0 saturated heterocycles. The zero-order valence-corrected chi connectivity index (χ0v) is 26.5. The van der Waals surface area contributed by atoms with Crippen LogP contribution in [0.4, 0.5) is 5.69 Å². The van der Waals surface area contributed by atoms with Gasteiger partial charge in [-0.25, -0.2) is 4.79 Å². The van der Waals surface area contributed by atoms with Crippen LogP contribution in [0.1, 0.15) is 105 Å². The number of pyridine rings is 1. The van der Waals surface area contributed by atoms with Gasteiger partial charge in [-0.15, -0.1) is 11.3 Å². The Morgan fingerprint density at radius 1 is 1.00 bits per heavy atom. The number of carbonyl (C=O) groups excluding carboxylic acids is 1. The summed E-state index contributed by atoms with van der Waals surface area (Å²) in [6.45, 7) is 9.25. The van der Waals surface area contributed by atoms with Crippen LogP contribution in [0.5, 0.6) is 0 Å². The first-order chi connectivity index (χ1) is 19.4. The largest absolute Gasteiger partial charge is 0.477 e. The number of anilines is 1. The molecule has 2 aliphatic carbocycles. The van der Waals surface area contributed by atoms with Crippen molar-refractivity contribution in [2.24, 2.45) is 23.2 Å². The summed E-state index contributed by atoms with van der Waals surface area (Å²) in [5.74, 6) is 6.68.